The Hall–Kier alpha value is -1.39. The monoisotopic (exact) mass is 328 g/mol. The summed E-state index contributed by atoms with van der Waals surface area (Å²) in [6.45, 7) is 4.08. The van der Waals surface area contributed by atoms with Crippen LogP contribution in [-0.4, -0.2) is 59.1 Å². The van der Waals surface area contributed by atoms with Gasteiger partial charge in [0, 0.05) is 13.1 Å². The fourth-order valence-corrected chi connectivity index (χ4v) is 4.58. The molecule has 130 valence electrons. The van der Waals surface area contributed by atoms with Gasteiger partial charge in [-0.2, -0.15) is 0 Å². The molecule has 1 atom stereocenters. The Kier molecular flexibility index (Phi) is 4.35. The first kappa shape index (κ1) is 16.1. The standard InChI is InChI=1S/C20H28N2O2/c23-19(13-16-6-7-17-4-3-5-18(17)12-16)22-11-8-20(24,15-22)14-21-9-1-2-10-21/h6-7,12,24H,1-5,8-11,13-15H2/t20-/m0/s1. The van der Waals surface area contributed by atoms with Crippen LogP contribution in [0.5, 0.6) is 0 Å². The van der Waals surface area contributed by atoms with Gasteiger partial charge < -0.3 is 14.9 Å². The Bertz CT molecular complexity index is 624. The molecule has 4 rings (SSSR count). The lowest BCUT2D eigenvalue weighted by Crippen LogP contribution is -2.45. The lowest BCUT2D eigenvalue weighted by molar-refractivity contribution is -0.130. The van der Waals surface area contributed by atoms with Crippen LogP contribution in [0.25, 0.3) is 0 Å². The van der Waals surface area contributed by atoms with Crippen LogP contribution in [-0.2, 0) is 24.1 Å². The first-order valence-electron chi connectivity index (χ1n) is 9.45. The number of rotatable bonds is 4. The van der Waals surface area contributed by atoms with Crippen LogP contribution in [0.3, 0.4) is 0 Å². The summed E-state index contributed by atoms with van der Waals surface area (Å²) in [5.41, 5.74) is 3.29. The van der Waals surface area contributed by atoms with Gasteiger partial charge in [-0.05, 0) is 68.3 Å². The van der Waals surface area contributed by atoms with E-state index in [1.54, 1.807) is 0 Å². The Labute approximate surface area is 144 Å². The van der Waals surface area contributed by atoms with Crippen molar-refractivity contribution < 1.29 is 9.90 Å². The largest absolute Gasteiger partial charge is 0.387 e. The van der Waals surface area contributed by atoms with Crippen molar-refractivity contribution in [3.05, 3.63) is 34.9 Å². The van der Waals surface area contributed by atoms with E-state index in [0.29, 0.717) is 25.9 Å². The van der Waals surface area contributed by atoms with E-state index in [4.69, 9.17) is 0 Å². The maximum Gasteiger partial charge on any atom is 0.227 e. The first-order chi connectivity index (χ1) is 11.6. The highest BCUT2D eigenvalue weighted by molar-refractivity contribution is 5.79. The van der Waals surface area contributed by atoms with Crippen LogP contribution < -0.4 is 0 Å². The molecule has 2 saturated heterocycles. The zero-order valence-electron chi connectivity index (χ0n) is 14.5. The van der Waals surface area contributed by atoms with Crippen molar-refractivity contribution in [1.29, 1.82) is 0 Å². The number of likely N-dealkylation sites (tertiary alicyclic amines) is 2. The van der Waals surface area contributed by atoms with Gasteiger partial charge in [0.05, 0.1) is 18.6 Å². The third-order valence-electron chi connectivity index (χ3n) is 5.92. The van der Waals surface area contributed by atoms with Crippen molar-refractivity contribution in [3.63, 3.8) is 0 Å². The second-order valence-corrected chi connectivity index (χ2v) is 7.91. The number of carbonyl (C=O) groups is 1. The van der Waals surface area contributed by atoms with Gasteiger partial charge in [-0.25, -0.2) is 0 Å². The molecule has 3 aliphatic rings. The number of amides is 1. The number of hydrogen-bond acceptors (Lipinski definition) is 3. The minimum Gasteiger partial charge on any atom is -0.387 e. The molecule has 1 aromatic carbocycles. The van der Waals surface area contributed by atoms with E-state index >= 15 is 0 Å². The predicted molar refractivity (Wildman–Crippen MR) is 94.0 cm³/mol. The highest BCUT2D eigenvalue weighted by Gasteiger charge is 2.39. The van der Waals surface area contributed by atoms with Crippen molar-refractivity contribution in [2.75, 3.05) is 32.7 Å². The highest BCUT2D eigenvalue weighted by Crippen LogP contribution is 2.26. The summed E-state index contributed by atoms with van der Waals surface area (Å²) in [5.74, 6) is 0.158. The smallest absolute Gasteiger partial charge is 0.227 e. The second kappa shape index (κ2) is 6.49. The molecule has 1 aromatic rings. The minimum atomic E-state index is -0.710. The normalized spacial score (nSPS) is 27.0. The Morgan fingerprint density at radius 2 is 1.88 bits per heavy atom. The van der Waals surface area contributed by atoms with Crippen LogP contribution in [0.15, 0.2) is 18.2 Å². The molecule has 2 fully saturated rings. The summed E-state index contributed by atoms with van der Waals surface area (Å²) in [4.78, 5) is 16.8. The van der Waals surface area contributed by atoms with Gasteiger partial charge >= 0.3 is 0 Å². The third kappa shape index (κ3) is 3.35. The molecule has 0 aromatic heterocycles. The molecule has 1 N–H and O–H groups in total. The summed E-state index contributed by atoms with van der Waals surface area (Å²) in [5, 5.41) is 10.8. The number of aryl methyl sites for hydroxylation is 2. The Morgan fingerprint density at radius 1 is 1.08 bits per heavy atom. The van der Waals surface area contributed by atoms with Crippen LogP contribution in [0.2, 0.25) is 0 Å². The van der Waals surface area contributed by atoms with Crippen molar-refractivity contribution in [2.45, 2.75) is 50.5 Å². The summed E-state index contributed by atoms with van der Waals surface area (Å²) in [6.07, 6.45) is 7.21. The molecule has 1 amide bonds. The third-order valence-corrected chi connectivity index (χ3v) is 5.92. The lowest BCUT2D eigenvalue weighted by atomic mass is 10.0. The van der Waals surface area contributed by atoms with Crippen molar-refractivity contribution >= 4 is 5.91 Å². The average molecular weight is 328 g/mol. The fourth-order valence-electron chi connectivity index (χ4n) is 4.58. The highest BCUT2D eigenvalue weighted by atomic mass is 16.3. The Balaban J connectivity index is 1.35. The topological polar surface area (TPSA) is 43.8 Å². The van der Waals surface area contributed by atoms with Crippen molar-refractivity contribution in [2.24, 2.45) is 0 Å². The number of benzene rings is 1. The molecule has 0 unspecified atom stereocenters. The summed E-state index contributed by atoms with van der Waals surface area (Å²) in [6, 6.07) is 6.51. The number of β-amino-alcohol motifs (C(OH)–C–C–N with tert-alkyl or cyclic N) is 1. The maximum absolute atomic E-state index is 12.6. The SMILES string of the molecule is O=C(Cc1ccc2c(c1)CCC2)N1CC[C@](O)(CN2CCCC2)C1. The zero-order chi connectivity index (χ0) is 16.6. The number of carbonyl (C=O) groups excluding carboxylic acids is 1. The van der Waals surface area contributed by atoms with Crippen LogP contribution in [0.1, 0.15) is 42.4 Å². The van der Waals surface area contributed by atoms with E-state index in [2.05, 4.69) is 23.1 Å². The zero-order valence-corrected chi connectivity index (χ0v) is 14.5. The molecule has 1 aliphatic carbocycles. The molecular weight excluding hydrogens is 300 g/mol. The van der Waals surface area contributed by atoms with Gasteiger partial charge in [-0.1, -0.05) is 18.2 Å². The number of nitrogens with zero attached hydrogens (tertiary/aromatic N) is 2. The maximum atomic E-state index is 12.6. The average Bonchev–Trinajstić information content (AvgIpc) is 3.28. The van der Waals surface area contributed by atoms with E-state index in [9.17, 15) is 9.90 Å². The Morgan fingerprint density at radius 3 is 2.71 bits per heavy atom. The second-order valence-electron chi connectivity index (χ2n) is 7.91. The molecular formula is C20H28N2O2. The summed E-state index contributed by atoms with van der Waals surface area (Å²) in [7, 11) is 0. The number of fused-ring (bicyclic) bond motifs is 1. The van der Waals surface area contributed by atoms with E-state index in [1.165, 1.54) is 36.8 Å². The molecule has 0 saturated carbocycles. The quantitative estimate of drug-likeness (QED) is 0.916. The summed E-state index contributed by atoms with van der Waals surface area (Å²) < 4.78 is 0. The number of hydrogen-bond donors (Lipinski definition) is 1. The number of aliphatic hydroxyl groups is 1. The molecule has 24 heavy (non-hydrogen) atoms. The van der Waals surface area contributed by atoms with Crippen LogP contribution in [0, 0.1) is 0 Å². The van der Waals surface area contributed by atoms with Gasteiger partial charge in [0.2, 0.25) is 5.91 Å². The van der Waals surface area contributed by atoms with Gasteiger partial charge in [-0.3, -0.25) is 4.79 Å². The molecule has 0 radical (unpaired) electrons. The fraction of sp³-hybridized carbons (Fsp3) is 0.650. The van der Waals surface area contributed by atoms with E-state index in [1.807, 2.05) is 4.90 Å². The minimum absolute atomic E-state index is 0.158. The molecule has 4 heteroatoms. The lowest BCUT2D eigenvalue weighted by Gasteiger charge is -2.28. The molecule has 0 bridgehead atoms. The molecule has 2 heterocycles. The van der Waals surface area contributed by atoms with Crippen molar-refractivity contribution in [3.8, 4) is 0 Å². The predicted octanol–water partition coefficient (Wildman–Crippen LogP) is 1.78. The summed E-state index contributed by atoms with van der Waals surface area (Å²) >= 11 is 0. The first-order valence-corrected chi connectivity index (χ1v) is 9.45. The molecule has 0 spiro atoms. The van der Waals surface area contributed by atoms with Gasteiger partial charge in [0.15, 0.2) is 0 Å². The van der Waals surface area contributed by atoms with Crippen molar-refractivity contribution in [1.82, 2.24) is 9.80 Å². The molecule has 4 nitrogen and oxygen atoms in total. The molecule has 2 aliphatic heterocycles. The van der Waals surface area contributed by atoms with Gasteiger partial charge in [-0.15, -0.1) is 0 Å². The van der Waals surface area contributed by atoms with E-state index in [-0.39, 0.29) is 5.91 Å². The van der Waals surface area contributed by atoms with Crippen LogP contribution >= 0.6 is 0 Å². The van der Waals surface area contributed by atoms with E-state index in [0.717, 1.165) is 31.6 Å². The van der Waals surface area contributed by atoms with Gasteiger partial charge in [0.1, 0.15) is 0 Å². The van der Waals surface area contributed by atoms with Crippen LogP contribution in [0.4, 0.5) is 0 Å². The van der Waals surface area contributed by atoms with E-state index < -0.39 is 5.60 Å². The van der Waals surface area contributed by atoms with Gasteiger partial charge in [0.25, 0.3) is 0 Å².